The first kappa shape index (κ1) is 16.0. The molecule has 0 aliphatic heterocycles. The summed E-state index contributed by atoms with van der Waals surface area (Å²) in [6.07, 6.45) is 0. The lowest BCUT2D eigenvalue weighted by atomic mass is 10.2. The zero-order valence-electron chi connectivity index (χ0n) is 11.5. The van der Waals surface area contributed by atoms with Crippen molar-refractivity contribution < 1.29 is 23.0 Å². The van der Waals surface area contributed by atoms with Crippen LogP contribution in [0.4, 0.5) is 14.5 Å². The van der Waals surface area contributed by atoms with Gasteiger partial charge in [-0.1, -0.05) is 17.7 Å². The Morgan fingerprint density at radius 1 is 1.18 bits per heavy atom. The van der Waals surface area contributed by atoms with Crippen molar-refractivity contribution in [2.24, 2.45) is 0 Å². The summed E-state index contributed by atoms with van der Waals surface area (Å²) in [6.45, 7) is -2.99. The number of benzene rings is 2. The molecule has 2 rings (SSSR count). The van der Waals surface area contributed by atoms with E-state index >= 15 is 0 Å². The van der Waals surface area contributed by atoms with Gasteiger partial charge in [0.25, 0.3) is 5.91 Å². The predicted octanol–water partition coefficient (Wildman–Crippen LogP) is 4.20. The largest absolute Gasteiger partial charge is 0.493 e. The molecule has 0 radical (unpaired) electrons. The van der Waals surface area contributed by atoms with Crippen molar-refractivity contribution >= 4 is 23.2 Å². The second-order valence-corrected chi connectivity index (χ2v) is 4.65. The second kappa shape index (κ2) is 7.09. The molecule has 7 heteroatoms. The molecule has 116 valence electrons. The van der Waals surface area contributed by atoms with Crippen LogP contribution < -0.4 is 14.8 Å². The van der Waals surface area contributed by atoms with E-state index in [0.717, 1.165) is 0 Å². The molecular formula is C15H12ClF2NO3. The van der Waals surface area contributed by atoms with Crippen molar-refractivity contribution in [1.82, 2.24) is 0 Å². The van der Waals surface area contributed by atoms with Crippen molar-refractivity contribution in [2.75, 3.05) is 12.4 Å². The number of hydrogen-bond acceptors (Lipinski definition) is 3. The first-order valence-corrected chi connectivity index (χ1v) is 6.57. The highest BCUT2D eigenvalue weighted by atomic mass is 35.5. The fraction of sp³-hybridized carbons (Fsp3) is 0.133. The molecule has 0 aliphatic carbocycles. The van der Waals surface area contributed by atoms with Crippen LogP contribution in [0.1, 0.15) is 10.4 Å². The third-order valence-electron chi connectivity index (χ3n) is 2.72. The van der Waals surface area contributed by atoms with Gasteiger partial charge in [0.2, 0.25) is 0 Å². The molecule has 0 aromatic heterocycles. The Balaban J connectivity index is 2.20. The summed E-state index contributed by atoms with van der Waals surface area (Å²) in [7, 11) is 1.33. The van der Waals surface area contributed by atoms with Gasteiger partial charge in [-0.15, -0.1) is 0 Å². The first-order chi connectivity index (χ1) is 10.5. The summed E-state index contributed by atoms with van der Waals surface area (Å²) in [4.78, 5) is 12.1. The van der Waals surface area contributed by atoms with Crippen LogP contribution in [0.5, 0.6) is 11.5 Å². The molecule has 0 heterocycles. The molecular weight excluding hydrogens is 316 g/mol. The minimum absolute atomic E-state index is 0.140. The van der Waals surface area contributed by atoms with Gasteiger partial charge in [-0.2, -0.15) is 8.78 Å². The van der Waals surface area contributed by atoms with E-state index in [1.807, 2.05) is 0 Å². The van der Waals surface area contributed by atoms with Crippen LogP contribution in [0.15, 0.2) is 42.5 Å². The Bertz CT molecular complexity index is 680. The monoisotopic (exact) mass is 327 g/mol. The van der Waals surface area contributed by atoms with Crippen LogP contribution >= 0.6 is 11.6 Å². The number of ether oxygens (including phenoxy) is 2. The Hall–Kier alpha value is -2.34. The third kappa shape index (κ3) is 4.08. The number of hydrogen-bond donors (Lipinski definition) is 1. The van der Waals surface area contributed by atoms with Gasteiger partial charge < -0.3 is 14.8 Å². The predicted molar refractivity (Wildman–Crippen MR) is 79.0 cm³/mol. The Labute approximate surface area is 130 Å². The van der Waals surface area contributed by atoms with Gasteiger partial charge in [0.15, 0.2) is 11.5 Å². The van der Waals surface area contributed by atoms with E-state index in [4.69, 9.17) is 16.3 Å². The molecule has 0 unspecified atom stereocenters. The van der Waals surface area contributed by atoms with Gasteiger partial charge in [0, 0.05) is 22.3 Å². The van der Waals surface area contributed by atoms with Crippen molar-refractivity contribution in [3.63, 3.8) is 0 Å². The van der Waals surface area contributed by atoms with Crippen molar-refractivity contribution in [3.05, 3.63) is 53.1 Å². The number of methoxy groups -OCH3 is 1. The Morgan fingerprint density at radius 2 is 1.95 bits per heavy atom. The zero-order chi connectivity index (χ0) is 16.1. The van der Waals surface area contributed by atoms with Crippen LogP contribution in [0.3, 0.4) is 0 Å². The molecule has 0 spiro atoms. The fourth-order valence-corrected chi connectivity index (χ4v) is 1.97. The molecule has 0 fully saturated rings. The van der Waals surface area contributed by atoms with E-state index in [9.17, 15) is 13.6 Å². The standard InChI is InChI=1S/C15H12ClF2NO3/c1-21-12-6-5-11(8-13(12)22-15(17)18)19-14(20)9-3-2-4-10(16)7-9/h2-8,15H,1H3,(H,19,20). The van der Waals surface area contributed by atoms with Crippen LogP contribution in [-0.2, 0) is 0 Å². The Morgan fingerprint density at radius 3 is 2.59 bits per heavy atom. The van der Waals surface area contributed by atoms with Gasteiger partial charge in [-0.25, -0.2) is 0 Å². The lowest BCUT2D eigenvalue weighted by Gasteiger charge is -2.12. The summed E-state index contributed by atoms with van der Waals surface area (Å²) >= 11 is 5.81. The van der Waals surface area contributed by atoms with E-state index in [-0.39, 0.29) is 11.5 Å². The number of carbonyl (C=O) groups excluding carboxylic acids is 1. The molecule has 2 aromatic rings. The molecule has 0 saturated heterocycles. The van der Waals surface area contributed by atoms with Crippen LogP contribution in [0, 0.1) is 0 Å². The number of carbonyl (C=O) groups is 1. The Kier molecular flexibility index (Phi) is 5.16. The third-order valence-corrected chi connectivity index (χ3v) is 2.96. The van der Waals surface area contributed by atoms with E-state index in [2.05, 4.69) is 10.1 Å². The van der Waals surface area contributed by atoms with Crippen molar-refractivity contribution in [1.29, 1.82) is 0 Å². The molecule has 0 bridgehead atoms. The second-order valence-electron chi connectivity index (χ2n) is 4.21. The topological polar surface area (TPSA) is 47.6 Å². The summed E-state index contributed by atoms with van der Waals surface area (Å²) < 4.78 is 34.0. The van der Waals surface area contributed by atoms with Crippen molar-refractivity contribution in [3.8, 4) is 11.5 Å². The average molecular weight is 328 g/mol. The number of alkyl halides is 2. The van der Waals surface area contributed by atoms with Crippen LogP contribution in [-0.4, -0.2) is 19.6 Å². The summed E-state index contributed by atoms with van der Waals surface area (Å²) in [5, 5.41) is 2.99. The van der Waals surface area contributed by atoms with Gasteiger partial charge in [-0.3, -0.25) is 4.79 Å². The maximum atomic E-state index is 12.4. The molecule has 1 N–H and O–H groups in total. The van der Waals surface area contributed by atoms with Gasteiger partial charge >= 0.3 is 6.61 Å². The maximum absolute atomic E-state index is 12.4. The quantitative estimate of drug-likeness (QED) is 0.895. The van der Waals surface area contributed by atoms with E-state index in [1.54, 1.807) is 18.2 Å². The number of anilines is 1. The maximum Gasteiger partial charge on any atom is 0.387 e. The minimum atomic E-state index is -2.99. The normalized spacial score (nSPS) is 10.4. The van der Waals surface area contributed by atoms with Gasteiger partial charge in [0.1, 0.15) is 0 Å². The summed E-state index contributed by atoms with van der Waals surface area (Å²) in [5.74, 6) is -0.446. The SMILES string of the molecule is COc1ccc(NC(=O)c2cccc(Cl)c2)cc1OC(F)F. The lowest BCUT2D eigenvalue weighted by Crippen LogP contribution is -2.12. The van der Waals surface area contributed by atoms with Crippen molar-refractivity contribution in [2.45, 2.75) is 6.61 Å². The molecule has 2 aromatic carbocycles. The first-order valence-electron chi connectivity index (χ1n) is 6.19. The molecule has 4 nitrogen and oxygen atoms in total. The van der Waals surface area contributed by atoms with Crippen LogP contribution in [0.2, 0.25) is 5.02 Å². The molecule has 22 heavy (non-hydrogen) atoms. The van der Waals surface area contributed by atoms with Gasteiger partial charge in [0.05, 0.1) is 7.11 Å². The molecule has 0 atom stereocenters. The summed E-state index contributed by atoms with van der Waals surface area (Å²) in [5.41, 5.74) is 0.640. The van der Waals surface area contributed by atoms with E-state index in [1.165, 1.54) is 31.4 Å². The van der Waals surface area contributed by atoms with E-state index < -0.39 is 12.5 Å². The van der Waals surface area contributed by atoms with Crippen LogP contribution in [0.25, 0.3) is 0 Å². The molecule has 1 amide bonds. The van der Waals surface area contributed by atoms with Gasteiger partial charge in [-0.05, 0) is 30.3 Å². The number of amides is 1. The number of rotatable bonds is 5. The smallest absolute Gasteiger partial charge is 0.387 e. The number of nitrogens with one attached hydrogen (secondary N) is 1. The molecule has 0 saturated carbocycles. The highest BCUT2D eigenvalue weighted by molar-refractivity contribution is 6.31. The minimum Gasteiger partial charge on any atom is -0.493 e. The van der Waals surface area contributed by atoms with E-state index in [0.29, 0.717) is 16.3 Å². The number of halogens is 3. The fourth-order valence-electron chi connectivity index (χ4n) is 1.78. The average Bonchev–Trinajstić information content (AvgIpc) is 2.47. The zero-order valence-corrected chi connectivity index (χ0v) is 12.2. The lowest BCUT2D eigenvalue weighted by molar-refractivity contribution is -0.0511. The molecule has 0 aliphatic rings. The highest BCUT2D eigenvalue weighted by Crippen LogP contribution is 2.31. The highest BCUT2D eigenvalue weighted by Gasteiger charge is 2.13. The summed E-state index contributed by atoms with van der Waals surface area (Å²) in [6, 6.07) is 10.5.